The van der Waals surface area contributed by atoms with Crippen LogP contribution in [0.5, 0.6) is 0 Å². The molecule has 2 rings (SSSR count). The third-order valence-corrected chi connectivity index (χ3v) is 4.11. The molecular weight excluding hydrogens is 308 g/mol. The van der Waals surface area contributed by atoms with Crippen LogP contribution < -0.4 is 11.1 Å². The average Bonchev–Trinajstić information content (AvgIpc) is 2.59. The van der Waals surface area contributed by atoms with Crippen molar-refractivity contribution in [1.29, 1.82) is 0 Å². The van der Waals surface area contributed by atoms with Crippen LogP contribution >= 0.6 is 12.4 Å². The van der Waals surface area contributed by atoms with E-state index in [-0.39, 0.29) is 30.3 Å². The lowest BCUT2D eigenvalue weighted by molar-refractivity contribution is -0.123. The molecule has 0 bridgehead atoms. The van der Waals surface area contributed by atoms with Gasteiger partial charge in [-0.1, -0.05) is 80.9 Å². The summed E-state index contributed by atoms with van der Waals surface area (Å²) in [6.45, 7) is 4.05. The molecule has 4 heteroatoms. The number of carbonyl (C=O) groups is 1. The third kappa shape index (κ3) is 5.08. The van der Waals surface area contributed by atoms with E-state index in [1.54, 1.807) is 0 Å². The molecule has 3 nitrogen and oxygen atoms in total. The second kappa shape index (κ2) is 9.33. The topological polar surface area (TPSA) is 55.1 Å². The van der Waals surface area contributed by atoms with Gasteiger partial charge in [0.15, 0.2) is 0 Å². The number of nitrogens with two attached hydrogens (primary N) is 1. The van der Waals surface area contributed by atoms with E-state index in [4.69, 9.17) is 5.73 Å². The zero-order valence-corrected chi connectivity index (χ0v) is 14.4. The SMILES string of the molecule is CC[C@H](C)[C@H](N)C(=O)NC(c1ccccc1)c1ccccc1.Cl. The van der Waals surface area contributed by atoms with Gasteiger partial charge in [0.05, 0.1) is 12.1 Å². The maximum absolute atomic E-state index is 12.5. The molecular formula is C19H25ClN2O. The van der Waals surface area contributed by atoms with Crippen LogP contribution in [0.15, 0.2) is 60.7 Å². The molecule has 2 aromatic carbocycles. The number of hydrogen-bond donors (Lipinski definition) is 2. The maximum atomic E-state index is 12.5. The van der Waals surface area contributed by atoms with E-state index >= 15 is 0 Å². The fourth-order valence-electron chi connectivity index (χ4n) is 2.40. The van der Waals surface area contributed by atoms with Crippen LogP contribution in [0, 0.1) is 5.92 Å². The van der Waals surface area contributed by atoms with Crippen molar-refractivity contribution in [3.63, 3.8) is 0 Å². The summed E-state index contributed by atoms with van der Waals surface area (Å²) < 4.78 is 0. The van der Waals surface area contributed by atoms with Crippen molar-refractivity contribution in [2.45, 2.75) is 32.4 Å². The number of nitrogens with one attached hydrogen (secondary N) is 1. The molecule has 0 unspecified atom stereocenters. The van der Waals surface area contributed by atoms with E-state index in [9.17, 15) is 4.79 Å². The van der Waals surface area contributed by atoms with Crippen molar-refractivity contribution in [3.8, 4) is 0 Å². The summed E-state index contributed by atoms with van der Waals surface area (Å²) in [6.07, 6.45) is 0.885. The van der Waals surface area contributed by atoms with Crippen molar-refractivity contribution in [2.24, 2.45) is 11.7 Å². The molecule has 0 spiro atoms. The minimum absolute atomic E-state index is 0. The summed E-state index contributed by atoms with van der Waals surface area (Å²) in [5, 5.41) is 3.10. The van der Waals surface area contributed by atoms with E-state index < -0.39 is 6.04 Å². The lowest BCUT2D eigenvalue weighted by Crippen LogP contribution is -2.46. The van der Waals surface area contributed by atoms with Gasteiger partial charge in [0.1, 0.15) is 0 Å². The van der Waals surface area contributed by atoms with Gasteiger partial charge in [-0.15, -0.1) is 12.4 Å². The molecule has 2 aromatic rings. The molecule has 0 radical (unpaired) electrons. The summed E-state index contributed by atoms with van der Waals surface area (Å²) in [5.74, 6) is 0.0549. The Hall–Kier alpha value is -1.84. The molecule has 0 saturated carbocycles. The number of amides is 1. The van der Waals surface area contributed by atoms with Crippen LogP contribution in [0.2, 0.25) is 0 Å². The highest BCUT2D eigenvalue weighted by Crippen LogP contribution is 2.22. The van der Waals surface area contributed by atoms with Crippen LogP contribution in [0.1, 0.15) is 37.4 Å². The number of hydrogen-bond acceptors (Lipinski definition) is 2. The fraction of sp³-hybridized carbons (Fsp3) is 0.316. The van der Waals surface area contributed by atoms with Gasteiger partial charge in [-0.3, -0.25) is 4.79 Å². The maximum Gasteiger partial charge on any atom is 0.237 e. The summed E-state index contributed by atoms with van der Waals surface area (Å²) in [7, 11) is 0. The van der Waals surface area contributed by atoms with Crippen molar-refractivity contribution < 1.29 is 4.79 Å². The lowest BCUT2D eigenvalue weighted by atomic mass is 9.96. The summed E-state index contributed by atoms with van der Waals surface area (Å²) in [5.41, 5.74) is 8.17. The molecule has 0 aliphatic rings. The molecule has 2 atom stereocenters. The Morgan fingerprint density at radius 1 is 1.00 bits per heavy atom. The summed E-state index contributed by atoms with van der Waals surface area (Å²) >= 11 is 0. The van der Waals surface area contributed by atoms with Gasteiger partial charge < -0.3 is 11.1 Å². The molecule has 0 aromatic heterocycles. The van der Waals surface area contributed by atoms with Gasteiger partial charge in [-0.25, -0.2) is 0 Å². The Morgan fingerprint density at radius 3 is 1.83 bits per heavy atom. The van der Waals surface area contributed by atoms with E-state index in [1.165, 1.54) is 0 Å². The van der Waals surface area contributed by atoms with Crippen molar-refractivity contribution in [2.75, 3.05) is 0 Å². The quantitative estimate of drug-likeness (QED) is 0.847. The molecule has 0 aliphatic carbocycles. The monoisotopic (exact) mass is 332 g/mol. The Balaban J connectivity index is 0.00000264. The zero-order chi connectivity index (χ0) is 15.9. The highest BCUT2D eigenvalue weighted by atomic mass is 35.5. The van der Waals surface area contributed by atoms with Gasteiger partial charge in [0.2, 0.25) is 5.91 Å². The molecule has 124 valence electrons. The van der Waals surface area contributed by atoms with Gasteiger partial charge in [-0.05, 0) is 17.0 Å². The first-order chi connectivity index (χ1) is 10.6. The number of carbonyl (C=O) groups excluding carboxylic acids is 1. The summed E-state index contributed by atoms with van der Waals surface area (Å²) in [6, 6.07) is 19.3. The Bertz CT molecular complexity index is 549. The number of halogens is 1. The molecule has 1 amide bonds. The number of rotatable bonds is 6. The molecule has 3 N–H and O–H groups in total. The smallest absolute Gasteiger partial charge is 0.237 e. The zero-order valence-electron chi connectivity index (χ0n) is 13.6. The minimum Gasteiger partial charge on any atom is -0.344 e. The molecule has 0 aliphatic heterocycles. The van der Waals surface area contributed by atoms with E-state index in [2.05, 4.69) is 5.32 Å². The normalized spacial score (nSPS) is 13.0. The number of benzene rings is 2. The molecule has 0 saturated heterocycles. The molecule has 0 heterocycles. The van der Waals surface area contributed by atoms with Crippen molar-refractivity contribution >= 4 is 18.3 Å². The highest BCUT2D eigenvalue weighted by Gasteiger charge is 2.23. The second-order valence-electron chi connectivity index (χ2n) is 5.67. The van der Waals surface area contributed by atoms with Crippen molar-refractivity contribution in [1.82, 2.24) is 5.32 Å². The van der Waals surface area contributed by atoms with Crippen LogP contribution in [-0.4, -0.2) is 11.9 Å². The van der Waals surface area contributed by atoms with E-state index in [0.29, 0.717) is 0 Å². The largest absolute Gasteiger partial charge is 0.344 e. The lowest BCUT2D eigenvalue weighted by Gasteiger charge is -2.24. The molecule has 0 fully saturated rings. The van der Waals surface area contributed by atoms with Crippen molar-refractivity contribution in [3.05, 3.63) is 71.8 Å². The predicted molar refractivity (Wildman–Crippen MR) is 97.5 cm³/mol. The Labute approximate surface area is 144 Å². The Morgan fingerprint density at radius 2 is 1.43 bits per heavy atom. The van der Waals surface area contributed by atoms with Gasteiger partial charge in [-0.2, -0.15) is 0 Å². The predicted octanol–water partition coefficient (Wildman–Crippen LogP) is 3.69. The van der Waals surface area contributed by atoms with Gasteiger partial charge in [0.25, 0.3) is 0 Å². The highest BCUT2D eigenvalue weighted by molar-refractivity contribution is 5.85. The standard InChI is InChI=1S/C19H24N2O.ClH/c1-3-14(2)17(20)19(22)21-18(15-10-6-4-7-11-15)16-12-8-5-9-13-16;/h4-14,17-18H,3,20H2,1-2H3,(H,21,22);1H/t14-,17-;/m0./s1. The van der Waals surface area contributed by atoms with Crippen LogP contribution in [0.4, 0.5) is 0 Å². The van der Waals surface area contributed by atoms with E-state index in [1.807, 2.05) is 74.5 Å². The first-order valence-electron chi connectivity index (χ1n) is 7.79. The van der Waals surface area contributed by atoms with E-state index in [0.717, 1.165) is 17.5 Å². The Kier molecular flexibility index (Phi) is 7.79. The minimum atomic E-state index is -0.486. The van der Waals surface area contributed by atoms with Crippen LogP contribution in [-0.2, 0) is 4.79 Å². The summed E-state index contributed by atoms with van der Waals surface area (Å²) in [4.78, 5) is 12.5. The van der Waals surface area contributed by atoms with Gasteiger partial charge in [0, 0.05) is 0 Å². The van der Waals surface area contributed by atoms with Gasteiger partial charge >= 0.3 is 0 Å². The molecule has 23 heavy (non-hydrogen) atoms. The first-order valence-corrected chi connectivity index (χ1v) is 7.79. The van der Waals surface area contributed by atoms with Crippen LogP contribution in [0.3, 0.4) is 0 Å². The third-order valence-electron chi connectivity index (χ3n) is 4.11. The average molecular weight is 333 g/mol. The fourth-order valence-corrected chi connectivity index (χ4v) is 2.40. The van der Waals surface area contributed by atoms with Crippen LogP contribution in [0.25, 0.3) is 0 Å². The second-order valence-corrected chi connectivity index (χ2v) is 5.67. The first kappa shape index (κ1) is 19.2.